The molecule has 13 heavy (non-hydrogen) atoms. The molecule has 1 heterocycles. The van der Waals surface area contributed by atoms with Gasteiger partial charge in [0.2, 0.25) is 0 Å². The first-order valence-electron chi connectivity index (χ1n) is 4.31. The van der Waals surface area contributed by atoms with Crippen LogP contribution in [0.1, 0.15) is 11.9 Å². The van der Waals surface area contributed by atoms with Gasteiger partial charge < -0.3 is 9.47 Å². The van der Waals surface area contributed by atoms with Crippen LogP contribution in [0.15, 0.2) is 42.5 Å². The summed E-state index contributed by atoms with van der Waals surface area (Å²) in [7, 11) is 0. The average Bonchev–Trinajstić information content (AvgIpc) is 2.20. The van der Waals surface area contributed by atoms with E-state index >= 15 is 0 Å². The van der Waals surface area contributed by atoms with Gasteiger partial charge in [0.1, 0.15) is 0 Å². The van der Waals surface area contributed by atoms with Crippen LogP contribution in [-0.2, 0) is 9.47 Å². The molecule has 0 aliphatic carbocycles. The second-order valence-corrected chi connectivity index (χ2v) is 3.11. The number of hydrogen-bond donors (Lipinski definition) is 0. The van der Waals surface area contributed by atoms with Gasteiger partial charge in [0.25, 0.3) is 0 Å². The van der Waals surface area contributed by atoms with Gasteiger partial charge in [0, 0.05) is 5.56 Å². The van der Waals surface area contributed by atoms with Crippen LogP contribution in [0.2, 0.25) is 0 Å². The third-order valence-electron chi connectivity index (χ3n) is 1.95. The van der Waals surface area contributed by atoms with Crippen LogP contribution < -0.4 is 0 Å². The standard InChI is InChI=1S/C11H12O2/c1-9-7-12-11(13-8-9)10-5-3-2-4-6-10/h2-6,11H,1,7-8H2. The van der Waals surface area contributed by atoms with E-state index in [0.29, 0.717) is 13.2 Å². The van der Waals surface area contributed by atoms with Crippen LogP contribution in [0.4, 0.5) is 0 Å². The van der Waals surface area contributed by atoms with E-state index in [4.69, 9.17) is 9.47 Å². The van der Waals surface area contributed by atoms with Crippen molar-refractivity contribution in [2.24, 2.45) is 0 Å². The minimum atomic E-state index is -0.216. The summed E-state index contributed by atoms with van der Waals surface area (Å²) in [5.74, 6) is 0. The molecular formula is C11H12O2. The summed E-state index contributed by atoms with van der Waals surface area (Å²) in [5, 5.41) is 0. The van der Waals surface area contributed by atoms with Crippen LogP contribution in [0, 0.1) is 0 Å². The third kappa shape index (κ3) is 1.97. The van der Waals surface area contributed by atoms with E-state index < -0.39 is 0 Å². The molecule has 1 aromatic rings. The fourth-order valence-electron chi connectivity index (χ4n) is 1.28. The van der Waals surface area contributed by atoms with Gasteiger partial charge in [0.05, 0.1) is 13.2 Å². The first kappa shape index (κ1) is 8.48. The molecule has 68 valence electrons. The second-order valence-electron chi connectivity index (χ2n) is 3.11. The zero-order valence-corrected chi connectivity index (χ0v) is 7.40. The lowest BCUT2D eigenvalue weighted by Gasteiger charge is -2.24. The van der Waals surface area contributed by atoms with Gasteiger partial charge in [0.15, 0.2) is 6.29 Å². The summed E-state index contributed by atoms with van der Waals surface area (Å²) in [6.45, 7) is 4.99. The predicted molar refractivity (Wildman–Crippen MR) is 50.2 cm³/mol. The Bertz CT molecular complexity index is 282. The average molecular weight is 176 g/mol. The van der Waals surface area contributed by atoms with Gasteiger partial charge in [-0.1, -0.05) is 36.9 Å². The molecule has 1 fully saturated rings. The van der Waals surface area contributed by atoms with E-state index in [2.05, 4.69) is 6.58 Å². The van der Waals surface area contributed by atoms with Crippen molar-refractivity contribution in [2.75, 3.05) is 13.2 Å². The van der Waals surface area contributed by atoms with Gasteiger partial charge in [-0.25, -0.2) is 0 Å². The summed E-state index contributed by atoms with van der Waals surface area (Å²) >= 11 is 0. The van der Waals surface area contributed by atoms with Crippen molar-refractivity contribution in [3.63, 3.8) is 0 Å². The molecule has 0 spiro atoms. The van der Waals surface area contributed by atoms with Gasteiger partial charge in [-0.15, -0.1) is 0 Å². The second kappa shape index (κ2) is 3.73. The minimum absolute atomic E-state index is 0.216. The third-order valence-corrected chi connectivity index (χ3v) is 1.95. The maximum Gasteiger partial charge on any atom is 0.184 e. The lowest BCUT2D eigenvalue weighted by atomic mass is 10.2. The van der Waals surface area contributed by atoms with Gasteiger partial charge in [-0.2, -0.15) is 0 Å². The summed E-state index contributed by atoms with van der Waals surface area (Å²) in [6.07, 6.45) is -0.216. The van der Waals surface area contributed by atoms with E-state index in [1.165, 1.54) is 0 Å². The molecule has 0 radical (unpaired) electrons. The maximum absolute atomic E-state index is 5.45. The quantitative estimate of drug-likeness (QED) is 0.611. The van der Waals surface area contributed by atoms with Crippen molar-refractivity contribution in [1.29, 1.82) is 0 Å². The summed E-state index contributed by atoms with van der Waals surface area (Å²) in [5.41, 5.74) is 2.06. The Balaban J connectivity index is 2.07. The van der Waals surface area contributed by atoms with Crippen molar-refractivity contribution in [3.05, 3.63) is 48.0 Å². The highest BCUT2D eigenvalue weighted by Gasteiger charge is 2.17. The van der Waals surface area contributed by atoms with Crippen molar-refractivity contribution in [3.8, 4) is 0 Å². The van der Waals surface area contributed by atoms with E-state index in [1.54, 1.807) is 0 Å². The molecule has 1 aliphatic heterocycles. The Hall–Kier alpha value is -1.12. The van der Waals surface area contributed by atoms with Crippen molar-refractivity contribution in [1.82, 2.24) is 0 Å². The van der Waals surface area contributed by atoms with E-state index in [9.17, 15) is 0 Å². The van der Waals surface area contributed by atoms with E-state index in [0.717, 1.165) is 11.1 Å². The molecule has 2 heteroatoms. The lowest BCUT2D eigenvalue weighted by Crippen LogP contribution is -2.19. The Labute approximate surface area is 77.8 Å². The molecular weight excluding hydrogens is 164 g/mol. The topological polar surface area (TPSA) is 18.5 Å². The highest BCUT2D eigenvalue weighted by molar-refractivity contribution is 5.16. The maximum atomic E-state index is 5.45. The summed E-state index contributed by atoms with van der Waals surface area (Å²) < 4.78 is 10.9. The van der Waals surface area contributed by atoms with Gasteiger partial charge in [-0.05, 0) is 5.57 Å². The zero-order chi connectivity index (χ0) is 9.10. The monoisotopic (exact) mass is 176 g/mol. The Morgan fingerprint density at radius 3 is 2.31 bits per heavy atom. The molecule has 2 rings (SSSR count). The first-order chi connectivity index (χ1) is 6.36. The Morgan fingerprint density at radius 2 is 1.69 bits per heavy atom. The fourth-order valence-corrected chi connectivity index (χ4v) is 1.28. The molecule has 1 aliphatic rings. The lowest BCUT2D eigenvalue weighted by molar-refractivity contribution is -0.160. The highest BCUT2D eigenvalue weighted by Crippen LogP contribution is 2.23. The molecule has 0 unspecified atom stereocenters. The Morgan fingerprint density at radius 1 is 1.08 bits per heavy atom. The van der Waals surface area contributed by atoms with Crippen LogP contribution >= 0.6 is 0 Å². The smallest absolute Gasteiger partial charge is 0.184 e. The van der Waals surface area contributed by atoms with Crippen molar-refractivity contribution >= 4 is 0 Å². The minimum Gasteiger partial charge on any atom is -0.344 e. The van der Waals surface area contributed by atoms with Crippen LogP contribution in [0.3, 0.4) is 0 Å². The predicted octanol–water partition coefficient (Wildman–Crippen LogP) is 2.29. The first-order valence-corrected chi connectivity index (χ1v) is 4.31. The van der Waals surface area contributed by atoms with Crippen molar-refractivity contribution in [2.45, 2.75) is 6.29 Å². The fraction of sp³-hybridized carbons (Fsp3) is 0.273. The molecule has 1 aromatic carbocycles. The molecule has 0 bridgehead atoms. The largest absolute Gasteiger partial charge is 0.344 e. The van der Waals surface area contributed by atoms with Crippen molar-refractivity contribution < 1.29 is 9.47 Å². The number of hydrogen-bond acceptors (Lipinski definition) is 2. The molecule has 2 nitrogen and oxygen atoms in total. The van der Waals surface area contributed by atoms with Gasteiger partial charge >= 0.3 is 0 Å². The number of rotatable bonds is 1. The zero-order valence-electron chi connectivity index (χ0n) is 7.40. The van der Waals surface area contributed by atoms with E-state index in [1.807, 2.05) is 30.3 Å². The van der Waals surface area contributed by atoms with E-state index in [-0.39, 0.29) is 6.29 Å². The SMILES string of the molecule is C=C1COC(c2ccccc2)OC1. The summed E-state index contributed by atoms with van der Waals surface area (Å²) in [4.78, 5) is 0. The Kier molecular flexibility index (Phi) is 2.43. The normalized spacial score (nSPS) is 18.9. The van der Waals surface area contributed by atoms with Crippen LogP contribution in [-0.4, -0.2) is 13.2 Å². The van der Waals surface area contributed by atoms with Crippen LogP contribution in [0.5, 0.6) is 0 Å². The molecule has 0 amide bonds. The van der Waals surface area contributed by atoms with Gasteiger partial charge in [-0.3, -0.25) is 0 Å². The molecule has 0 N–H and O–H groups in total. The number of ether oxygens (including phenoxy) is 2. The van der Waals surface area contributed by atoms with Crippen LogP contribution in [0.25, 0.3) is 0 Å². The molecule has 1 saturated heterocycles. The molecule has 0 atom stereocenters. The molecule has 0 saturated carbocycles. The highest BCUT2D eigenvalue weighted by atomic mass is 16.7. The molecule has 0 aromatic heterocycles. The number of benzene rings is 1. The summed E-state index contributed by atoms with van der Waals surface area (Å²) in [6, 6.07) is 9.93.